The standard InChI is InChI=1S/C19H14O/c1-13-11-17-15-9-5-6-10-18(15)20-19(17)12-16(13)14-7-3-2-4-8-14/h2-12H,1H3/i2D,3D,4D,5D,6D,7D,8D,9D,10D,11D,12D. The van der Waals surface area contributed by atoms with E-state index < -0.39 is 54.4 Å². The van der Waals surface area contributed by atoms with Gasteiger partial charge in [0.15, 0.2) is 0 Å². The van der Waals surface area contributed by atoms with E-state index in [0.29, 0.717) is 0 Å². The maximum absolute atomic E-state index is 8.65. The van der Waals surface area contributed by atoms with Crippen molar-refractivity contribution in [2.24, 2.45) is 0 Å². The van der Waals surface area contributed by atoms with Gasteiger partial charge in [-0.2, -0.15) is 0 Å². The molecule has 1 aromatic heterocycles. The Kier molecular flexibility index (Phi) is 1.01. The molecule has 1 heteroatoms. The summed E-state index contributed by atoms with van der Waals surface area (Å²) in [6, 6.07) is -5.24. The Labute approximate surface area is 132 Å². The Morgan fingerprint density at radius 2 is 1.55 bits per heavy atom. The van der Waals surface area contributed by atoms with E-state index in [1.165, 1.54) is 6.92 Å². The summed E-state index contributed by atoms with van der Waals surface area (Å²) in [4.78, 5) is 0. The zero-order valence-corrected chi connectivity index (χ0v) is 10.4. The topological polar surface area (TPSA) is 13.1 Å². The lowest BCUT2D eigenvalue weighted by Crippen LogP contribution is -1.82. The summed E-state index contributed by atoms with van der Waals surface area (Å²) in [5.41, 5.74) is -0.612. The molecular weight excluding hydrogens is 244 g/mol. The Balaban J connectivity index is 2.27. The van der Waals surface area contributed by atoms with E-state index in [1.807, 2.05) is 0 Å². The fourth-order valence-corrected chi connectivity index (χ4v) is 2.11. The maximum atomic E-state index is 8.65. The molecule has 0 saturated carbocycles. The SMILES string of the molecule is [2H]c1c([2H])c([2H])c(-c2c(C)c([2H])c3c(oc4c([2H])c([2H])c([2H])c([2H])c43)c2[2H])c([2H])c1[2H]. The van der Waals surface area contributed by atoms with Gasteiger partial charge in [-0.3, -0.25) is 0 Å². The second-order valence-corrected chi connectivity index (χ2v) is 4.26. The van der Waals surface area contributed by atoms with Crippen molar-refractivity contribution in [1.29, 1.82) is 0 Å². The van der Waals surface area contributed by atoms with Gasteiger partial charge in [0.1, 0.15) is 11.2 Å². The van der Waals surface area contributed by atoms with E-state index in [1.54, 1.807) is 0 Å². The maximum Gasteiger partial charge on any atom is 0.136 e. The predicted octanol–water partition coefficient (Wildman–Crippen LogP) is 5.56. The minimum atomic E-state index is -0.581. The molecule has 0 aliphatic heterocycles. The smallest absolute Gasteiger partial charge is 0.136 e. The van der Waals surface area contributed by atoms with Crippen LogP contribution in [0.4, 0.5) is 0 Å². The molecule has 4 rings (SSSR count). The normalized spacial score (nSPS) is 18.9. The molecule has 0 bridgehead atoms. The highest BCUT2D eigenvalue weighted by Gasteiger charge is 2.10. The minimum absolute atomic E-state index is 0.0145. The van der Waals surface area contributed by atoms with Gasteiger partial charge in [-0.15, -0.1) is 0 Å². The van der Waals surface area contributed by atoms with E-state index in [0.717, 1.165) is 0 Å². The number of fused-ring (bicyclic) bond motifs is 3. The number of furan rings is 1. The first kappa shape index (κ1) is 4.78. The molecule has 0 aliphatic carbocycles. The monoisotopic (exact) mass is 269 g/mol. The van der Waals surface area contributed by atoms with Gasteiger partial charge in [-0.25, -0.2) is 0 Å². The van der Waals surface area contributed by atoms with E-state index >= 15 is 0 Å². The fourth-order valence-electron chi connectivity index (χ4n) is 2.11. The van der Waals surface area contributed by atoms with Crippen molar-refractivity contribution in [3.8, 4) is 11.1 Å². The Morgan fingerprint density at radius 3 is 2.40 bits per heavy atom. The molecule has 0 unspecified atom stereocenters. The van der Waals surface area contributed by atoms with Crippen LogP contribution in [0.1, 0.15) is 20.6 Å². The molecule has 0 radical (unpaired) electrons. The van der Waals surface area contributed by atoms with Crippen LogP contribution in [0, 0.1) is 6.92 Å². The van der Waals surface area contributed by atoms with E-state index in [-0.39, 0.29) is 50.7 Å². The third kappa shape index (κ3) is 1.64. The lowest BCUT2D eigenvalue weighted by atomic mass is 9.98. The number of hydrogen-bond donors (Lipinski definition) is 0. The van der Waals surface area contributed by atoms with Crippen LogP contribution in [0.15, 0.2) is 70.9 Å². The summed E-state index contributed by atoms with van der Waals surface area (Å²) >= 11 is 0. The molecule has 0 fully saturated rings. The average molecular weight is 269 g/mol. The zero-order chi connectivity index (χ0) is 23.1. The summed E-state index contributed by atoms with van der Waals surface area (Å²) in [6.45, 7) is 1.46. The lowest BCUT2D eigenvalue weighted by Gasteiger charge is -2.05. The largest absolute Gasteiger partial charge is 0.456 e. The first-order valence-corrected chi connectivity index (χ1v) is 5.91. The molecule has 0 saturated heterocycles. The van der Waals surface area contributed by atoms with Gasteiger partial charge in [0.25, 0.3) is 0 Å². The van der Waals surface area contributed by atoms with Gasteiger partial charge in [-0.1, -0.05) is 48.3 Å². The van der Waals surface area contributed by atoms with Crippen LogP contribution >= 0.6 is 0 Å². The van der Waals surface area contributed by atoms with Crippen molar-refractivity contribution in [3.05, 3.63) is 72.0 Å². The number of benzene rings is 3. The third-order valence-corrected chi connectivity index (χ3v) is 3.01. The zero-order valence-electron chi connectivity index (χ0n) is 21.4. The van der Waals surface area contributed by atoms with Crippen molar-refractivity contribution in [3.63, 3.8) is 0 Å². The number of hydrogen-bond acceptors (Lipinski definition) is 1. The van der Waals surface area contributed by atoms with Gasteiger partial charge in [0, 0.05) is 10.8 Å². The van der Waals surface area contributed by atoms with Gasteiger partial charge >= 0.3 is 0 Å². The summed E-state index contributed by atoms with van der Waals surface area (Å²) in [6.07, 6.45) is 0. The van der Waals surface area contributed by atoms with Crippen molar-refractivity contribution in [2.75, 3.05) is 0 Å². The highest BCUT2D eigenvalue weighted by molar-refractivity contribution is 6.06. The van der Waals surface area contributed by atoms with Gasteiger partial charge in [0.2, 0.25) is 0 Å². The molecule has 0 amide bonds. The van der Waals surface area contributed by atoms with E-state index in [2.05, 4.69) is 0 Å². The van der Waals surface area contributed by atoms with Crippen molar-refractivity contribution in [1.82, 2.24) is 0 Å². The van der Waals surface area contributed by atoms with Crippen LogP contribution in [0.2, 0.25) is 0 Å². The van der Waals surface area contributed by atoms with Crippen LogP contribution in [0.5, 0.6) is 0 Å². The molecule has 1 heterocycles. The molecule has 96 valence electrons. The van der Waals surface area contributed by atoms with Gasteiger partial charge < -0.3 is 4.42 Å². The van der Waals surface area contributed by atoms with Crippen molar-refractivity contribution in [2.45, 2.75) is 6.92 Å². The molecule has 1 nitrogen and oxygen atoms in total. The van der Waals surface area contributed by atoms with Crippen molar-refractivity contribution >= 4 is 21.9 Å². The number of rotatable bonds is 1. The van der Waals surface area contributed by atoms with Crippen LogP contribution < -0.4 is 0 Å². The Hall–Kier alpha value is -2.54. The Bertz CT molecular complexity index is 1420. The highest BCUT2D eigenvalue weighted by Crippen LogP contribution is 2.34. The second-order valence-electron chi connectivity index (χ2n) is 4.26. The highest BCUT2D eigenvalue weighted by atomic mass is 16.3. The first-order valence-electron chi connectivity index (χ1n) is 11.4. The van der Waals surface area contributed by atoms with Crippen molar-refractivity contribution < 1.29 is 19.5 Å². The van der Waals surface area contributed by atoms with Crippen LogP contribution in [0.3, 0.4) is 0 Å². The predicted molar refractivity (Wildman–Crippen MR) is 83.9 cm³/mol. The molecule has 20 heavy (non-hydrogen) atoms. The molecule has 0 aliphatic rings. The molecule has 0 N–H and O–H groups in total. The molecule has 0 atom stereocenters. The van der Waals surface area contributed by atoms with Crippen LogP contribution in [0.25, 0.3) is 33.1 Å². The quantitative estimate of drug-likeness (QED) is 0.441. The second kappa shape index (κ2) is 4.24. The Morgan fingerprint density at radius 1 is 0.800 bits per heavy atom. The summed E-state index contributed by atoms with van der Waals surface area (Å²) in [7, 11) is 0. The minimum Gasteiger partial charge on any atom is -0.456 e. The van der Waals surface area contributed by atoms with Crippen LogP contribution in [-0.2, 0) is 0 Å². The van der Waals surface area contributed by atoms with Gasteiger partial charge in [0.05, 0.1) is 15.1 Å². The fraction of sp³-hybridized carbons (Fsp3) is 0.0526. The third-order valence-electron chi connectivity index (χ3n) is 3.01. The van der Waals surface area contributed by atoms with Crippen LogP contribution in [-0.4, -0.2) is 0 Å². The molecular formula is C19H14O. The average Bonchev–Trinajstić information content (AvgIpc) is 3.15. The van der Waals surface area contributed by atoms with Gasteiger partial charge in [-0.05, 0) is 41.7 Å². The molecule has 3 aromatic carbocycles. The summed E-state index contributed by atoms with van der Waals surface area (Å²) in [5, 5.41) is -0.0178. The van der Waals surface area contributed by atoms with E-state index in [9.17, 15) is 0 Å². The molecule has 4 aromatic rings. The lowest BCUT2D eigenvalue weighted by molar-refractivity contribution is 0.669. The summed E-state index contributed by atoms with van der Waals surface area (Å²) < 4.78 is 94.9. The first-order chi connectivity index (χ1) is 14.4. The van der Waals surface area contributed by atoms with E-state index in [4.69, 9.17) is 19.5 Å². The summed E-state index contributed by atoms with van der Waals surface area (Å²) in [5.74, 6) is 0. The molecule has 0 spiro atoms. The number of para-hydroxylation sites is 1.